The van der Waals surface area contributed by atoms with Gasteiger partial charge in [-0.3, -0.25) is 0 Å². The molecule has 0 radical (unpaired) electrons. The van der Waals surface area contributed by atoms with E-state index < -0.39 is 0 Å². The normalized spacial score (nSPS) is 10.8. The van der Waals surface area contributed by atoms with Gasteiger partial charge < -0.3 is 9.73 Å². The molecule has 0 aliphatic carbocycles. The second kappa shape index (κ2) is 5.67. The summed E-state index contributed by atoms with van der Waals surface area (Å²) in [7, 11) is 1.90. The van der Waals surface area contributed by atoms with E-state index in [1.54, 1.807) is 6.20 Å². The van der Waals surface area contributed by atoms with Gasteiger partial charge in [-0.1, -0.05) is 17.7 Å². The van der Waals surface area contributed by atoms with Crippen molar-refractivity contribution in [3.8, 4) is 11.3 Å². The minimum absolute atomic E-state index is 0.642. The van der Waals surface area contributed by atoms with Gasteiger partial charge in [-0.25, -0.2) is 4.98 Å². The van der Waals surface area contributed by atoms with Crippen LogP contribution in [0, 0.1) is 0 Å². The van der Waals surface area contributed by atoms with Crippen molar-refractivity contribution in [2.45, 2.75) is 6.42 Å². The van der Waals surface area contributed by atoms with E-state index in [0.717, 1.165) is 23.0 Å². The van der Waals surface area contributed by atoms with E-state index in [2.05, 4.69) is 26.2 Å². The summed E-state index contributed by atoms with van der Waals surface area (Å²) in [5, 5.41) is 3.69. The number of hydrogen-bond acceptors (Lipinski definition) is 3. The fourth-order valence-electron chi connectivity index (χ4n) is 1.48. The number of nitrogens with zero attached hydrogens (tertiary/aromatic N) is 1. The van der Waals surface area contributed by atoms with Crippen LogP contribution in [0.25, 0.3) is 11.3 Å². The van der Waals surface area contributed by atoms with Crippen molar-refractivity contribution in [3.63, 3.8) is 0 Å². The molecule has 1 N–H and O–H groups in total. The fraction of sp³-hybridized carbons (Fsp3) is 0.250. The van der Waals surface area contributed by atoms with E-state index in [-0.39, 0.29) is 0 Å². The Balaban J connectivity index is 2.27. The van der Waals surface area contributed by atoms with Crippen molar-refractivity contribution in [2.24, 2.45) is 0 Å². The highest BCUT2D eigenvalue weighted by atomic mass is 79.9. The van der Waals surface area contributed by atoms with Crippen LogP contribution in [0.15, 0.2) is 33.3 Å². The van der Waals surface area contributed by atoms with Gasteiger partial charge in [-0.15, -0.1) is 0 Å². The van der Waals surface area contributed by atoms with Crippen molar-refractivity contribution in [1.82, 2.24) is 10.3 Å². The lowest BCUT2D eigenvalue weighted by Gasteiger charge is -2.01. The molecular formula is C12H12BrClN2O. The SMILES string of the molecule is CNCCc1ncc(-c2cccc(Br)c2Cl)o1. The van der Waals surface area contributed by atoms with Crippen molar-refractivity contribution < 1.29 is 4.42 Å². The standard InChI is InChI=1S/C12H12BrClN2O/c1-15-6-5-11-16-7-10(17-11)8-3-2-4-9(13)12(8)14/h2-4,7,15H,5-6H2,1H3. The van der Waals surface area contributed by atoms with Crippen LogP contribution in [-0.2, 0) is 6.42 Å². The third-order valence-corrected chi connectivity index (χ3v) is 3.66. The van der Waals surface area contributed by atoms with Crippen LogP contribution < -0.4 is 5.32 Å². The number of likely N-dealkylation sites (N-methyl/N-ethyl adjacent to an activating group) is 1. The van der Waals surface area contributed by atoms with Gasteiger partial charge >= 0.3 is 0 Å². The summed E-state index contributed by atoms with van der Waals surface area (Å²) in [4.78, 5) is 4.22. The molecule has 0 spiro atoms. The Bertz CT molecular complexity index is 513. The summed E-state index contributed by atoms with van der Waals surface area (Å²) < 4.78 is 6.50. The minimum atomic E-state index is 0.642. The molecule has 0 atom stereocenters. The molecule has 17 heavy (non-hydrogen) atoms. The molecule has 5 heteroatoms. The lowest BCUT2D eigenvalue weighted by Crippen LogP contribution is -2.10. The predicted molar refractivity (Wildman–Crippen MR) is 72.3 cm³/mol. The van der Waals surface area contributed by atoms with E-state index in [0.29, 0.717) is 16.7 Å². The molecule has 0 saturated carbocycles. The second-order valence-corrected chi connectivity index (χ2v) is 4.81. The van der Waals surface area contributed by atoms with Crippen molar-refractivity contribution in [3.05, 3.63) is 39.8 Å². The van der Waals surface area contributed by atoms with E-state index in [9.17, 15) is 0 Å². The third-order valence-electron chi connectivity index (χ3n) is 2.36. The lowest BCUT2D eigenvalue weighted by molar-refractivity contribution is 0.501. The zero-order valence-electron chi connectivity index (χ0n) is 9.34. The van der Waals surface area contributed by atoms with E-state index in [4.69, 9.17) is 16.0 Å². The van der Waals surface area contributed by atoms with Crippen LogP contribution in [0.2, 0.25) is 5.02 Å². The molecule has 3 nitrogen and oxygen atoms in total. The maximum absolute atomic E-state index is 6.19. The number of nitrogens with one attached hydrogen (secondary N) is 1. The van der Waals surface area contributed by atoms with Gasteiger partial charge in [0.1, 0.15) is 0 Å². The maximum atomic E-state index is 6.19. The molecular weight excluding hydrogens is 304 g/mol. The van der Waals surface area contributed by atoms with Crippen LogP contribution >= 0.6 is 27.5 Å². The highest BCUT2D eigenvalue weighted by Crippen LogP contribution is 2.33. The topological polar surface area (TPSA) is 38.1 Å². The molecule has 0 aliphatic heterocycles. The first-order chi connectivity index (χ1) is 8.22. The average molecular weight is 316 g/mol. The minimum Gasteiger partial charge on any atom is -0.441 e. The first-order valence-electron chi connectivity index (χ1n) is 5.26. The summed E-state index contributed by atoms with van der Waals surface area (Å²) >= 11 is 9.58. The molecule has 2 aromatic rings. The molecule has 0 fully saturated rings. The zero-order valence-corrected chi connectivity index (χ0v) is 11.7. The number of halogens is 2. The number of hydrogen-bond donors (Lipinski definition) is 1. The van der Waals surface area contributed by atoms with Crippen LogP contribution in [0.3, 0.4) is 0 Å². The Morgan fingerprint density at radius 3 is 3.06 bits per heavy atom. The zero-order chi connectivity index (χ0) is 12.3. The van der Waals surface area contributed by atoms with E-state index in [1.807, 2.05) is 25.2 Å². The van der Waals surface area contributed by atoms with Crippen molar-refractivity contribution in [1.29, 1.82) is 0 Å². The first-order valence-corrected chi connectivity index (χ1v) is 6.43. The molecule has 1 aromatic heterocycles. The summed E-state index contributed by atoms with van der Waals surface area (Å²) in [5.41, 5.74) is 0.851. The molecule has 90 valence electrons. The quantitative estimate of drug-likeness (QED) is 0.938. The van der Waals surface area contributed by atoms with Gasteiger partial charge in [0.05, 0.1) is 11.2 Å². The molecule has 1 aromatic carbocycles. The van der Waals surface area contributed by atoms with Crippen LogP contribution in [0.4, 0.5) is 0 Å². The van der Waals surface area contributed by atoms with Crippen molar-refractivity contribution >= 4 is 27.5 Å². The molecule has 0 aliphatic rings. The average Bonchev–Trinajstić information content (AvgIpc) is 2.78. The van der Waals surface area contributed by atoms with Gasteiger partial charge in [0.15, 0.2) is 11.7 Å². The number of benzene rings is 1. The Hall–Kier alpha value is -0.840. The third kappa shape index (κ3) is 2.89. The summed E-state index contributed by atoms with van der Waals surface area (Å²) in [5.74, 6) is 1.41. The van der Waals surface area contributed by atoms with Gasteiger partial charge in [0.2, 0.25) is 0 Å². The second-order valence-electron chi connectivity index (χ2n) is 3.57. The van der Waals surface area contributed by atoms with E-state index in [1.165, 1.54) is 0 Å². The Labute approximate surface area is 113 Å². The highest BCUT2D eigenvalue weighted by Gasteiger charge is 2.11. The molecule has 1 heterocycles. The Kier molecular flexibility index (Phi) is 4.20. The molecule has 0 saturated heterocycles. The number of rotatable bonds is 4. The van der Waals surface area contributed by atoms with Crippen molar-refractivity contribution in [2.75, 3.05) is 13.6 Å². The lowest BCUT2D eigenvalue weighted by atomic mass is 10.2. The monoisotopic (exact) mass is 314 g/mol. The molecule has 0 bridgehead atoms. The van der Waals surface area contributed by atoms with Gasteiger partial charge in [-0.05, 0) is 35.1 Å². The van der Waals surface area contributed by atoms with E-state index >= 15 is 0 Å². The highest BCUT2D eigenvalue weighted by molar-refractivity contribution is 9.10. The predicted octanol–water partition coefficient (Wildman–Crippen LogP) is 3.52. The van der Waals surface area contributed by atoms with Gasteiger partial charge in [0, 0.05) is 23.0 Å². The first kappa shape index (κ1) is 12.6. The number of aromatic nitrogens is 1. The summed E-state index contributed by atoms with van der Waals surface area (Å²) in [6.07, 6.45) is 2.47. The smallest absolute Gasteiger partial charge is 0.196 e. The van der Waals surface area contributed by atoms with Gasteiger partial charge in [-0.2, -0.15) is 0 Å². The van der Waals surface area contributed by atoms with Crippen LogP contribution in [0.1, 0.15) is 5.89 Å². The summed E-state index contributed by atoms with van der Waals surface area (Å²) in [6.45, 7) is 0.839. The maximum Gasteiger partial charge on any atom is 0.196 e. The Morgan fingerprint density at radius 2 is 2.29 bits per heavy atom. The molecule has 0 amide bonds. The Morgan fingerprint density at radius 1 is 1.47 bits per heavy atom. The van der Waals surface area contributed by atoms with Crippen LogP contribution in [-0.4, -0.2) is 18.6 Å². The fourth-order valence-corrected chi connectivity index (χ4v) is 2.06. The largest absolute Gasteiger partial charge is 0.441 e. The molecule has 0 unspecified atom stereocenters. The number of oxazole rings is 1. The summed E-state index contributed by atoms with van der Waals surface area (Å²) in [6, 6.07) is 5.72. The van der Waals surface area contributed by atoms with Gasteiger partial charge in [0.25, 0.3) is 0 Å². The molecule has 2 rings (SSSR count). The van der Waals surface area contributed by atoms with Crippen LogP contribution in [0.5, 0.6) is 0 Å².